The zero-order chi connectivity index (χ0) is 27.0. The lowest BCUT2D eigenvalue weighted by Crippen LogP contribution is -2.41. The minimum absolute atomic E-state index is 0.0337. The molecule has 1 aliphatic heterocycles. The van der Waals surface area contributed by atoms with Crippen LogP contribution in [0.5, 0.6) is 5.75 Å². The predicted molar refractivity (Wildman–Crippen MR) is 151 cm³/mol. The number of rotatable bonds is 11. The first-order valence-corrected chi connectivity index (χ1v) is 14.8. The van der Waals surface area contributed by atoms with Crippen LogP contribution in [0, 0.1) is 0 Å². The van der Waals surface area contributed by atoms with Gasteiger partial charge in [0.05, 0.1) is 17.2 Å². The maximum Gasteiger partial charge on any atom is 0.264 e. The predicted octanol–water partition coefficient (Wildman–Crippen LogP) is 5.24. The third kappa shape index (κ3) is 7.28. The number of carbonyl (C=O) groups is 1. The molecule has 0 aromatic heterocycles. The lowest BCUT2D eigenvalue weighted by atomic mass is 10.1. The van der Waals surface area contributed by atoms with Crippen molar-refractivity contribution in [3.05, 3.63) is 88.9 Å². The van der Waals surface area contributed by atoms with Crippen molar-refractivity contribution in [3.8, 4) is 5.75 Å². The Morgan fingerprint density at radius 2 is 1.68 bits per heavy atom. The Morgan fingerprint density at radius 1 is 0.974 bits per heavy atom. The molecule has 38 heavy (non-hydrogen) atoms. The zero-order valence-electron chi connectivity index (χ0n) is 21.6. The van der Waals surface area contributed by atoms with E-state index in [1.54, 1.807) is 24.3 Å². The molecular weight excluding hydrogens is 522 g/mol. The van der Waals surface area contributed by atoms with Gasteiger partial charge in [-0.3, -0.25) is 14.0 Å². The van der Waals surface area contributed by atoms with E-state index in [1.807, 2.05) is 19.1 Å². The summed E-state index contributed by atoms with van der Waals surface area (Å²) in [6.45, 7) is 5.19. The number of amides is 1. The van der Waals surface area contributed by atoms with Crippen LogP contribution in [0.1, 0.15) is 37.3 Å². The van der Waals surface area contributed by atoms with Gasteiger partial charge in [0.1, 0.15) is 12.3 Å². The molecule has 0 atom stereocenters. The number of nitrogens with zero attached hydrogens (tertiary/aromatic N) is 2. The molecule has 0 unspecified atom stereocenters. The number of benzene rings is 3. The summed E-state index contributed by atoms with van der Waals surface area (Å²) in [6, 6.07) is 20.8. The van der Waals surface area contributed by atoms with E-state index in [1.165, 1.54) is 49.1 Å². The lowest BCUT2D eigenvalue weighted by Gasteiger charge is -2.26. The molecule has 0 radical (unpaired) electrons. The van der Waals surface area contributed by atoms with Crippen LogP contribution in [0.3, 0.4) is 0 Å². The Kier molecular flexibility index (Phi) is 9.66. The molecule has 9 heteroatoms. The first-order chi connectivity index (χ1) is 18.4. The fourth-order valence-electron chi connectivity index (χ4n) is 4.57. The molecule has 0 aliphatic carbocycles. The monoisotopic (exact) mass is 555 g/mol. The Morgan fingerprint density at radius 3 is 2.42 bits per heavy atom. The third-order valence-electron chi connectivity index (χ3n) is 6.46. The summed E-state index contributed by atoms with van der Waals surface area (Å²) < 4.78 is 34.2. The standard InChI is InChI=1S/C29H34ClN3O4S/c1-2-37-28-12-5-4-11-27(28)33(38(35,36)26-15-13-25(30)14-16-26)22-29(34)31-20-23-9-8-10-24(19-23)21-32-17-6-3-7-18-32/h4-5,8-16,19H,2-3,6-7,17-18,20-22H2,1H3,(H,31,34). The van der Waals surface area contributed by atoms with Crippen molar-refractivity contribution in [2.75, 3.05) is 30.5 Å². The molecule has 4 rings (SSSR count). The number of sulfonamides is 1. The van der Waals surface area contributed by atoms with Crippen LogP contribution >= 0.6 is 11.6 Å². The van der Waals surface area contributed by atoms with Gasteiger partial charge in [0.25, 0.3) is 10.0 Å². The number of para-hydroxylation sites is 2. The molecule has 7 nitrogen and oxygen atoms in total. The fourth-order valence-corrected chi connectivity index (χ4v) is 6.13. The summed E-state index contributed by atoms with van der Waals surface area (Å²) in [4.78, 5) is 15.6. The van der Waals surface area contributed by atoms with Gasteiger partial charge in [-0.15, -0.1) is 0 Å². The molecule has 1 N–H and O–H groups in total. The summed E-state index contributed by atoms with van der Waals surface area (Å²) in [7, 11) is -4.08. The first kappa shape index (κ1) is 28.0. The Labute approximate surface area is 230 Å². The molecule has 202 valence electrons. The van der Waals surface area contributed by atoms with Crippen LogP contribution < -0.4 is 14.4 Å². The highest BCUT2D eigenvalue weighted by Crippen LogP contribution is 2.32. The molecule has 0 saturated carbocycles. The van der Waals surface area contributed by atoms with Crippen LogP contribution in [0.25, 0.3) is 0 Å². The van der Waals surface area contributed by atoms with E-state index < -0.39 is 22.5 Å². The molecule has 1 amide bonds. The Balaban J connectivity index is 1.51. The topological polar surface area (TPSA) is 79.0 Å². The van der Waals surface area contributed by atoms with Crippen molar-refractivity contribution < 1.29 is 17.9 Å². The van der Waals surface area contributed by atoms with Crippen molar-refractivity contribution in [3.63, 3.8) is 0 Å². The van der Waals surface area contributed by atoms with Crippen LogP contribution in [0.15, 0.2) is 77.7 Å². The van der Waals surface area contributed by atoms with Crippen LogP contribution in [0.2, 0.25) is 5.02 Å². The number of piperidine rings is 1. The first-order valence-electron chi connectivity index (χ1n) is 12.9. The van der Waals surface area contributed by atoms with E-state index in [2.05, 4.69) is 22.3 Å². The maximum absolute atomic E-state index is 13.7. The smallest absolute Gasteiger partial charge is 0.264 e. The highest BCUT2D eigenvalue weighted by atomic mass is 35.5. The average molecular weight is 556 g/mol. The van der Waals surface area contributed by atoms with Crippen molar-refractivity contribution in [1.29, 1.82) is 0 Å². The van der Waals surface area contributed by atoms with Crippen LogP contribution in [-0.4, -0.2) is 45.5 Å². The molecule has 3 aromatic rings. The van der Waals surface area contributed by atoms with Gasteiger partial charge in [0.2, 0.25) is 5.91 Å². The second-order valence-corrected chi connectivity index (χ2v) is 11.6. The van der Waals surface area contributed by atoms with E-state index in [4.69, 9.17) is 16.3 Å². The summed E-state index contributed by atoms with van der Waals surface area (Å²) in [5, 5.41) is 3.32. The number of hydrogen-bond donors (Lipinski definition) is 1. The average Bonchev–Trinajstić information content (AvgIpc) is 2.92. The van der Waals surface area contributed by atoms with E-state index >= 15 is 0 Å². The van der Waals surface area contributed by atoms with Crippen molar-refractivity contribution >= 4 is 33.2 Å². The summed E-state index contributed by atoms with van der Waals surface area (Å²) in [6.07, 6.45) is 3.76. The number of carbonyl (C=O) groups excluding carboxylic acids is 1. The quantitative estimate of drug-likeness (QED) is 0.350. The van der Waals surface area contributed by atoms with Gasteiger partial charge in [0.15, 0.2) is 0 Å². The lowest BCUT2D eigenvalue weighted by molar-refractivity contribution is -0.119. The van der Waals surface area contributed by atoms with Crippen LogP contribution in [-0.2, 0) is 27.9 Å². The van der Waals surface area contributed by atoms with Crippen molar-refractivity contribution in [2.24, 2.45) is 0 Å². The Hall–Kier alpha value is -3.07. The summed E-state index contributed by atoms with van der Waals surface area (Å²) in [5.41, 5.74) is 2.47. The zero-order valence-corrected chi connectivity index (χ0v) is 23.2. The number of halogens is 1. The number of nitrogens with one attached hydrogen (secondary N) is 1. The Bertz CT molecular complexity index is 1330. The number of anilines is 1. The number of likely N-dealkylation sites (tertiary alicyclic amines) is 1. The minimum Gasteiger partial charge on any atom is -0.492 e. The van der Waals surface area contributed by atoms with Crippen molar-refractivity contribution in [1.82, 2.24) is 10.2 Å². The largest absolute Gasteiger partial charge is 0.492 e. The molecule has 1 heterocycles. The van der Waals surface area contributed by atoms with Crippen molar-refractivity contribution in [2.45, 2.75) is 44.2 Å². The number of hydrogen-bond acceptors (Lipinski definition) is 5. The van der Waals surface area contributed by atoms with Gasteiger partial charge >= 0.3 is 0 Å². The molecule has 1 saturated heterocycles. The van der Waals surface area contributed by atoms with Gasteiger partial charge in [-0.2, -0.15) is 0 Å². The number of ether oxygens (including phenoxy) is 1. The molecule has 0 spiro atoms. The van der Waals surface area contributed by atoms with Gasteiger partial charge < -0.3 is 10.1 Å². The van der Waals surface area contributed by atoms with E-state index in [0.717, 1.165) is 29.5 Å². The second kappa shape index (κ2) is 13.1. The fraction of sp³-hybridized carbons (Fsp3) is 0.345. The van der Waals surface area contributed by atoms with Gasteiger partial charge in [-0.05, 0) is 80.4 Å². The highest BCUT2D eigenvalue weighted by Gasteiger charge is 2.29. The van der Waals surface area contributed by atoms with Crippen LogP contribution in [0.4, 0.5) is 5.69 Å². The SMILES string of the molecule is CCOc1ccccc1N(CC(=O)NCc1cccc(CN2CCCCC2)c1)S(=O)(=O)c1ccc(Cl)cc1. The van der Waals surface area contributed by atoms with Gasteiger partial charge in [-0.1, -0.05) is 54.4 Å². The molecular formula is C29H34ClN3O4S. The molecule has 3 aromatic carbocycles. The van der Waals surface area contributed by atoms with E-state index in [0.29, 0.717) is 29.6 Å². The third-order valence-corrected chi connectivity index (χ3v) is 8.48. The molecule has 1 aliphatic rings. The molecule has 1 fully saturated rings. The normalized spacial score (nSPS) is 14.2. The highest BCUT2D eigenvalue weighted by molar-refractivity contribution is 7.92. The van der Waals surface area contributed by atoms with E-state index in [-0.39, 0.29) is 4.90 Å². The maximum atomic E-state index is 13.7. The summed E-state index contributed by atoms with van der Waals surface area (Å²) in [5.74, 6) is -0.0407. The van der Waals surface area contributed by atoms with Gasteiger partial charge in [-0.25, -0.2) is 8.42 Å². The van der Waals surface area contributed by atoms with Gasteiger partial charge in [0, 0.05) is 18.1 Å². The minimum atomic E-state index is -4.08. The van der Waals surface area contributed by atoms with E-state index in [9.17, 15) is 13.2 Å². The summed E-state index contributed by atoms with van der Waals surface area (Å²) >= 11 is 5.98. The second-order valence-electron chi connectivity index (χ2n) is 9.30. The molecule has 0 bridgehead atoms.